The number of anilines is 1. The zero-order valence-electron chi connectivity index (χ0n) is 15.0. The molecule has 1 amide bonds. The first-order valence-electron chi connectivity index (χ1n) is 8.32. The summed E-state index contributed by atoms with van der Waals surface area (Å²) in [7, 11) is 1.49. The molecule has 2 aromatic carbocycles. The van der Waals surface area contributed by atoms with Crippen LogP contribution < -0.4 is 15.4 Å². The van der Waals surface area contributed by atoms with Crippen molar-refractivity contribution in [2.75, 3.05) is 12.4 Å². The number of ether oxygens (including phenoxy) is 1. The lowest BCUT2D eigenvalue weighted by Gasteiger charge is -2.18. The van der Waals surface area contributed by atoms with Crippen molar-refractivity contribution in [2.45, 2.75) is 18.6 Å². The van der Waals surface area contributed by atoms with E-state index in [2.05, 4.69) is 10.6 Å². The number of methoxy groups -OCH3 is 1. The molecule has 0 bridgehead atoms. The quantitative estimate of drug-likeness (QED) is 0.675. The number of hydrogen-bond donors (Lipinski definition) is 2. The predicted molar refractivity (Wildman–Crippen MR) is 98.9 cm³/mol. The van der Waals surface area contributed by atoms with E-state index in [0.29, 0.717) is 17.5 Å². The fraction of sp³-hybridized carbons (Fsp3) is 0.200. The van der Waals surface area contributed by atoms with E-state index in [-0.39, 0.29) is 6.42 Å². The highest BCUT2D eigenvalue weighted by Gasteiger charge is 2.36. The second-order valence-electron chi connectivity index (χ2n) is 5.83. The van der Waals surface area contributed by atoms with Crippen molar-refractivity contribution < 1.29 is 27.5 Å². The van der Waals surface area contributed by atoms with Crippen LogP contribution >= 0.6 is 0 Å². The third kappa shape index (κ3) is 6.46. The molecule has 0 aliphatic heterocycles. The molecule has 8 heteroatoms. The average Bonchev–Trinajstić information content (AvgIpc) is 2.67. The Morgan fingerprint density at radius 2 is 1.82 bits per heavy atom. The van der Waals surface area contributed by atoms with Gasteiger partial charge in [-0.25, -0.2) is 0 Å². The summed E-state index contributed by atoms with van der Waals surface area (Å²) >= 11 is 0. The van der Waals surface area contributed by atoms with Gasteiger partial charge in [0.15, 0.2) is 0 Å². The van der Waals surface area contributed by atoms with Gasteiger partial charge in [0.1, 0.15) is 11.8 Å². The molecular formula is C20H19F3N2O3. The molecule has 0 saturated carbocycles. The molecule has 0 saturated heterocycles. The van der Waals surface area contributed by atoms with Gasteiger partial charge in [0.2, 0.25) is 5.91 Å². The molecule has 0 radical (unpaired) electrons. The summed E-state index contributed by atoms with van der Waals surface area (Å²) in [5.74, 6) is -1.94. The maximum absolute atomic E-state index is 12.6. The Morgan fingerprint density at radius 1 is 1.11 bits per heavy atom. The van der Waals surface area contributed by atoms with E-state index in [9.17, 15) is 22.8 Å². The van der Waals surface area contributed by atoms with Crippen molar-refractivity contribution in [3.63, 3.8) is 0 Å². The number of nitrogens with one attached hydrogen (secondary N) is 2. The van der Waals surface area contributed by atoms with E-state index in [1.54, 1.807) is 48.5 Å². The SMILES string of the molecule is COc1cccc(NC(=O)C(Cc2ccccc2)NC=CC(=O)C(F)(F)F)c1. The molecule has 2 aromatic rings. The second-order valence-corrected chi connectivity index (χ2v) is 5.83. The van der Waals surface area contributed by atoms with E-state index >= 15 is 0 Å². The second kappa shape index (κ2) is 9.59. The summed E-state index contributed by atoms with van der Waals surface area (Å²) in [5.41, 5.74) is 1.27. The maximum atomic E-state index is 12.6. The van der Waals surface area contributed by atoms with Crippen molar-refractivity contribution in [3.8, 4) is 5.75 Å². The zero-order valence-corrected chi connectivity index (χ0v) is 15.0. The summed E-state index contributed by atoms with van der Waals surface area (Å²) in [6.07, 6.45) is -3.55. The lowest BCUT2D eigenvalue weighted by molar-refractivity contribution is -0.165. The number of halogens is 3. The van der Waals surface area contributed by atoms with Gasteiger partial charge in [-0.2, -0.15) is 13.2 Å². The van der Waals surface area contributed by atoms with Gasteiger partial charge in [-0.15, -0.1) is 0 Å². The van der Waals surface area contributed by atoms with Gasteiger partial charge in [0, 0.05) is 30.5 Å². The summed E-state index contributed by atoms with van der Waals surface area (Å²) in [4.78, 5) is 23.6. The van der Waals surface area contributed by atoms with Crippen molar-refractivity contribution in [1.29, 1.82) is 0 Å². The number of alkyl halides is 3. The monoisotopic (exact) mass is 392 g/mol. The van der Waals surface area contributed by atoms with Crippen LogP contribution in [-0.4, -0.2) is 31.0 Å². The zero-order chi connectivity index (χ0) is 20.6. The van der Waals surface area contributed by atoms with E-state index in [0.717, 1.165) is 11.8 Å². The number of hydrogen-bond acceptors (Lipinski definition) is 4. The minimum atomic E-state index is -4.96. The highest BCUT2D eigenvalue weighted by molar-refractivity contribution is 5.96. The highest BCUT2D eigenvalue weighted by Crippen LogP contribution is 2.18. The van der Waals surface area contributed by atoms with Crippen LogP contribution in [0, 0.1) is 0 Å². The van der Waals surface area contributed by atoms with Crippen LogP contribution in [0.15, 0.2) is 66.9 Å². The summed E-state index contributed by atoms with van der Waals surface area (Å²) in [6.45, 7) is 0. The summed E-state index contributed by atoms with van der Waals surface area (Å²) in [5, 5.41) is 5.26. The third-order valence-corrected chi connectivity index (χ3v) is 3.75. The molecule has 148 valence electrons. The van der Waals surface area contributed by atoms with Crippen molar-refractivity contribution in [2.24, 2.45) is 0 Å². The Labute approximate surface area is 160 Å². The highest BCUT2D eigenvalue weighted by atomic mass is 19.4. The lowest BCUT2D eigenvalue weighted by atomic mass is 10.1. The molecule has 0 aliphatic carbocycles. The molecule has 2 rings (SSSR count). The number of ketones is 1. The van der Waals surface area contributed by atoms with E-state index in [1.165, 1.54) is 7.11 Å². The topological polar surface area (TPSA) is 67.4 Å². The number of rotatable bonds is 8. The Bertz CT molecular complexity index is 836. The fourth-order valence-corrected chi connectivity index (χ4v) is 2.34. The van der Waals surface area contributed by atoms with Crippen molar-refractivity contribution >= 4 is 17.4 Å². The number of carbonyl (C=O) groups excluding carboxylic acids is 2. The molecule has 0 spiro atoms. The fourth-order valence-electron chi connectivity index (χ4n) is 2.34. The molecule has 1 unspecified atom stereocenters. The van der Waals surface area contributed by atoms with Gasteiger partial charge in [-0.05, 0) is 17.7 Å². The van der Waals surface area contributed by atoms with Crippen molar-refractivity contribution in [3.05, 3.63) is 72.4 Å². The number of benzene rings is 2. The first-order valence-corrected chi connectivity index (χ1v) is 8.32. The minimum Gasteiger partial charge on any atom is -0.497 e. The smallest absolute Gasteiger partial charge is 0.454 e. The van der Waals surface area contributed by atoms with Crippen LogP contribution in [-0.2, 0) is 16.0 Å². The Kier molecular flexibility index (Phi) is 7.20. The normalized spacial score (nSPS) is 12.4. The van der Waals surface area contributed by atoms with Crippen LogP contribution in [0.2, 0.25) is 0 Å². The molecule has 28 heavy (non-hydrogen) atoms. The molecule has 2 N–H and O–H groups in total. The largest absolute Gasteiger partial charge is 0.497 e. The molecule has 0 fully saturated rings. The average molecular weight is 392 g/mol. The van der Waals surface area contributed by atoms with E-state index < -0.39 is 23.9 Å². The Hall–Kier alpha value is -3.29. The predicted octanol–water partition coefficient (Wildman–Crippen LogP) is 3.48. The first-order chi connectivity index (χ1) is 13.3. The minimum absolute atomic E-state index is 0.210. The van der Waals surface area contributed by atoms with Gasteiger partial charge in [-0.1, -0.05) is 36.4 Å². The number of carbonyl (C=O) groups is 2. The van der Waals surface area contributed by atoms with Crippen LogP contribution in [0.1, 0.15) is 5.56 Å². The molecule has 0 heterocycles. The number of amides is 1. The van der Waals surface area contributed by atoms with Gasteiger partial charge < -0.3 is 15.4 Å². The Balaban J connectivity index is 2.13. The summed E-state index contributed by atoms with van der Waals surface area (Å²) < 4.78 is 42.0. The molecule has 0 aromatic heterocycles. The number of allylic oxidation sites excluding steroid dienone is 1. The van der Waals surface area contributed by atoms with Gasteiger partial charge in [0.25, 0.3) is 5.78 Å². The van der Waals surface area contributed by atoms with Gasteiger partial charge >= 0.3 is 6.18 Å². The van der Waals surface area contributed by atoms with Gasteiger partial charge in [-0.3, -0.25) is 9.59 Å². The van der Waals surface area contributed by atoms with E-state index in [1.807, 2.05) is 6.07 Å². The van der Waals surface area contributed by atoms with Crippen LogP contribution in [0.25, 0.3) is 0 Å². The maximum Gasteiger partial charge on any atom is 0.454 e. The Morgan fingerprint density at radius 3 is 2.46 bits per heavy atom. The van der Waals surface area contributed by atoms with Crippen molar-refractivity contribution in [1.82, 2.24) is 5.32 Å². The molecule has 0 aliphatic rings. The molecular weight excluding hydrogens is 373 g/mol. The molecule has 5 nitrogen and oxygen atoms in total. The first kappa shape index (κ1) is 21.0. The third-order valence-electron chi connectivity index (χ3n) is 3.75. The van der Waals surface area contributed by atoms with Gasteiger partial charge in [0.05, 0.1) is 7.11 Å². The van der Waals surface area contributed by atoms with E-state index in [4.69, 9.17) is 4.74 Å². The molecule has 1 atom stereocenters. The lowest BCUT2D eigenvalue weighted by Crippen LogP contribution is -2.39. The van der Waals surface area contributed by atoms with Crippen LogP contribution in [0.3, 0.4) is 0 Å². The standard InChI is InChI=1S/C20H19F3N2O3/c1-28-16-9-5-8-15(13-16)25-19(27)17(12-14-6-3-2-4-7-14)24-11-10-18(26)20(21,22)23/h2-11,13,17,24H,12H2,1H3,(H,25,27). The van der Waals surface area contributed by atoms with Crippen LogP contribution in [0.4, 0.5) is 18.9 Å². The summed E-state index contributed by atoms with van der Waals surface area (Å²) in [6, 6.07) is 14.7. The van der Waals surface area contributed by atoms with Crippen LogP contribution in [0.5, 0.6) is 5.75 Å².